The Bertz CT molecular complexity index is 268. The van der Waals surface area contributed by atoms with Crippen LogP contribution in [0.1, 0.15) is 60.3 Å². The Morgan fingerprint density at radius 2 is 1.94 bits per heavy atom. The van der Waals surface area contributed by atoms with Gasteiger partial charge in [-0.25, -0.2) is 0 Å². The normalized spacial score (nSPS) is 31.0. The third-order valence-corrected chi connectivity index (χ3v) is 4.98. The van der Waals surface area contributed by atoms with Gasteiger partial charge >= 0.3 is 0 Å². The summed E-state index contributed by atoms with van der Waals surface area (Å²) >= 11 is 0. The summed E-state index contributed by atoms with van der Waals surface area (Å²) in [6.07, 6.45) is 5.50. The Labute approximate surface area is 114 Å². The molecule has 2 aliphatic rings. The van der Waals surface area contributed by atoms with Crippen LogP contribution in [0.2, 0.25) is 0 Å². The molecule has 2 atom stereocenters. The van der Waals surface area contributed by atoms with Crippen molar-refractivity contribution in [3.05, 3.63) is 0 Å². The average molecular weight is 252 g/mol. The highest BCUT2D eigenvalue weighted by Gasteiger charge is 2.42. The van der Waals surface area contributed by atoms with Crippen molar-refractivity contribution >= 4 is 0 Å². The molecule has 2 nitrogen and oxygen atoms in total. The Hall–Kier alpha value is -0.0800. The third-order valence-electron chi connectivity index (χ3n) is 4.98. The van der Waals surface area contributed by atoms with Gasteiger partial charge in [-0.05, 0) is 44.9 Å². The first kappa shape index (κ1) is 14.3. The van der Waals surface area contributed by atoms with Gasteiger partial charge in [-0.15, -0.1) is 0 Å². The quantitative estimate of drug-likeness (QED) is 0.808. The summed E-state index contributed by atoms with van der Waals surface area (Å²) in [7, 11) is 0. The van der Waals surface area contributed by atoms with Gasteiger partial charge in [-0.1, -0.05) is 27.2 Å². The number of hydrogen-bond donors (Lipinski definition) is 1. The van der Waals surface area contributed by atoms with Gasteiger partial charge in [0.25, 0.3) is 0 Å². The smallest absolute Gasteiger partial charge is 0.0249 e. The van der Waals surface area contributed by atoms with E-state index in [-0.39, 0.29) is 0 Å². The van der Waals surface area contributed by atoms with Gasteiger partial charge in [0, 0.05) is 30.7 Å². The first-order valence-electron chi connectivity index (χ1n) is 7.96. The third kappa shape index (κ3) is 3.08. The molecule has 1 aliphatic heterocycles. The minimum atomic E-state index is 0.360. The second kappa shape index (κ2) is 5.50. The molecule has 2 rings (SSSR count). The SMILES string of the molecule is CCCC(C)(C)N1CC(C2CC2)NCC1C(C)C. The van der Waals surface area contributed by atoms with E-state index in [4.69, 9.17) is 0 Å². The molecule has 1 saturated carbocycles. The van der Waals surface area contributed by atoms with Crippen molar-refractivity contribution in [2.24, 2.45) is 11.8 Å². The van der Waals surface area contributed by atoms with Crippen LogP contribution in [0.3, 0.4) is 0 Å². The van der Waals surface area contributed by atoms with Crippen molar-refractivity contribution in [1.29, 1.82) is 0 Å². The van der Waals surface area contributed by atoms with Crippen LogP contribution in [-0.4, -0.2) is 35.6 Å². The molecule has 0 spiro atoms. The van der Waals surface area contributed by atoms with Gasteiger partial charge in [-0.3, -0.25) is 4.90 Å². The molecule has 1 aliphatic carbocycles. The highest BCUT2D eigenvalue weighted by atomic mass is 15.3. The van der Waals surface area contributed by atoms with Gasteiger partial charge < -0.3 is 5.32 Å². The molecule has 0 aromatic heterocycles. The van der Waals surface area contributed by atoms with E-state index in [0.29, 0.717) is 11.6 Å². The van der Waals surface area contributed by atoms with Crippen LogP contribution in [0.15, 0.2) is 0 Å². The molecule has 0 aromatic rings. The summed E-state index contributed by atoms with van der Waals surface area (Å²) in [5.74, 6) is 1.71. The zero-order valence-corrected chi connectivity index (χ0v) is 13.0. The summed E-state index contributed by atoms with van der Waals surface area (Å²) in [5, 5.41) is 3.81. The topological polar surface area (TPSA) is 15.3 Å². The first-order chi connectivity index (χ1) is 8.45. The van der Waals surface area contributed by atoms with Gasteiger partial charge in [0.05, 0.1) is 0 Å². The van der Waals surface area contributed by atoms with Gasteiger partial charge in [-0.2, -0.15) is 0 Å². The molecule has 0 bridgehead atoms. The number of nitrogens with one attached hydrogen (secondary N) is 1. The summed E-state index contributed by atoms with van der Waals surface area (Å²) in [6.45, 7) is 14.4. The van der Waals surface area contributed by atoms with E-state index in [0.717, 1.165) is 17.9 Å². The lowest BCUT2D eigenvalue weighted by Crippen LogP contribution is -2.64. The number of hydrogen-bond acceptors (Lipinski definition) is 2. The van der Waals surface area contributed by atoms with Gasteiger partial charge in [0.1, 0.15) is 0 Å². The van der Waals surface area contributed by atoms with E-state index in [1.807, 2.05) is 0 Å². The maximum Gasteiger partial charge on any atom is 0.0249 e. The summed E-state index contributed by atoms with van der Waals surface area (Å²) in [6, 6.07) is 1.47. The molecule has 0 amide bonds. The number of piperazine rings is 1. The monoisotopic (exact) mass is 252 g/mol. The Kier molecular flexibility index (Phi) is 4.38. The number of rotatable bonds is 5. The molecule has 1 saturated heterocycles. The van der Waals surface area contributed by atoms with Crippen molar-refractivity contribution in [2.75, 3.05) is 13.1 Å². The molecule has 1 N–H and O–H groups in total. The molecule has 2 heteroatoms. The standard InChI is InChI=1S/C16H32N2/c1-6-9-16(4,5)18-11-14(13-7-8-13)17-10-15(18)12(2)3/h12-15,17H,6-11H2,1-5H3. The van der Waals surface area contributed by atoms with E-state index >= 15 is 0 Å². The van der Waals surface area contributed by atoms with Crippen LogP contribution in [0.4, 0.5) is 0 Å². The van der Waals surface area contributed by atoms with Crippen molar-refractivity contribution in [2.45, 2.75) is 77.9 Å². The van der Waals surface area contributed by atoms with E-state index < -0.39 is 0 Å². The second-order valence-corrected chi connectivity index (χ2v) is 7.38. The zero-order chi connectivity index (χ0) is 13.3. The average Bonchev–Trinajstić information content (AvgIpc) is 3.12. The predicted molar refractivity (Wildman–Crippen MR) is 78.8 cm³/mol. The largest absolute Gasteiger partial charge is 0.311 e. The lowest BCUT2D eigenvalue weighted by molar-refractivity contribution is 0.00170. The minimum Gasteiger partial charge on any atom is -0.311 e. The Morgan fingerprint density at radius 1 is 1.28 bits per heavy atom. The molecule has 0 aromatic carbocycles. The Balaban J connectivity index is 2.08. The highest BCUT2D eigenvalue weighted by Crippen LogP contribution is 2.37. The fraction of sp³-hybridized carbons (Fsp3) is 1.00. The molecular formula is C16H32N2. The van der Waals surface area contributed by atoms with Crippen molar-refractivity contribution < 1.29 is 0 Å². The molecule has 18 heavy (non-hydrogen) atoms. The van der Waals surface area contributed by atoms with Crippen LogP contribution in [0.25, 0.3) is 0 Å². The molecule has 2 fully saturated rings. The first-order valence-corrected chi connectivity index (χ1v) is 7.96. The van der Waals surface area contributed by atoms with Crippen LogP contribution < -0.4 is 5.32 Å². The van der Waals surface area contributed by atoms with E-state index in [2.05, 4.69) is 44.8 Å². The van der Waals surface area contributed by atoms with E-state index in [1.165, 1.54) is 38.8 Å². The van der Waals surface area contributed by atoms with Crippen LogP contribution in [0, 0.1) is 11.8 Å². The Morgan fingerprint density at radius 3 is 2.44 bits per heavy atom. The molecule has 2 unspecified atom stereocenters. The molecular weight excluding hydrogens is 220 g/mol. The van der Waals surface area contributed by atoms with Crippen molar-refractivity contribution in [3.8, 4) is 0 Å². The molecule has 106 valence electrons. The molecule has 1 heterocycles. The summed E-state index contributed by atoms with van der Waals surface area (Å²) < 4.78 is 0. The van der Waals surface area contributed by atoms with Crippen molar-refractivity contribution in [3.63, 3.8) is 0 Å². The number of nitrogens with zero attached hydrogens (tertiary/aromatic N) is 1. The zero-order valence-electron chi connectivity index (χ0n) is 13.0. The molecule has 0 radical (unpaired) electrons. The van der Waals surface area contributed by atoms with Gasteiger partial charge in [0.2, 0.25) is 0 Å². The fourth-order valence-corrected chi connectivity index (χ4v) is 3.66. The minimum absolute atomic E-state index is 0.360. The maximum atomic E-state index is 3.81. The summed E-state index contributed by atoms with van der Waals surface area (Å²) in [4.78, 5) is 2.82. The second-order valence-electron chi connectivity index (χ2n) is 7.38. The maximum absolute atomic E-state index is 3.81. The summed E-state index contributed by atoms with van der Waals surface area (Å²) in [5.41, 5.74) is 0.360. The van der Waals surface area contributed by atoms with Gasteiger partial charge in [0.15, 0.2) is 0 Å². The van der Waals surface area contributed by atoms with E-state index in [1.54, 1.807) is 0 Å². The highest BCUT2D eigenvalue weighted by molar-refractivity contribution is 4.99. The predicted octanol–water partition coefficient (Wildman–Crippen LogP) is 3.27. The van der Waals surface area contributed by atoms with Crippen molar-refractivity contribution in [1.82, 2.24) is 10.2 Å². The van der Waals surface area contributed by atoms with Crippen LogP contribution >= 0.6 is 0 Å². The van der Waals surface area contributed by atoms with Crippen LogP contribution in [-0.2, 0) is 0 Å². The lowest BCUT2D eigenvalue weighted by Gasteiger charge is -2.51. The fourth-order valence-electron chi connectivity index (χ4n) is 3.66. The van der Waals surface area contributed by atoms with E-state index in [9.17, 15) is 0 Å². The lowest BCUT2D eigenvalue weighted by atomic mass is 9.88. The van der Waals surface area contributed by atoms with Crippen LogP contribution in [0.5, 0.6) is 0 Å².